The van der Waals surface area contributed by atoms with Crippen molar-refractivity contribution in [3.05, 3.63) is 175 Å². The molecule has 3 nitrogen and oxygen atoms in total. The van der Waals surface area contributed by atoms with Gasteiger partial charge in [0.2, 0.25) is 0 Å². The summed E-state index contributed by atoms with van der Waals surface area (Å²) in [6.07, 6.45) is 0. The molecule has 0 fully saturated rings. The molecule has 48 heavy (non-hydrogen) atoms. The predicted molar refractivity (Wildman–Crippen MR) is 190 cm³/mol. The zero-order chi connectivity index (χ0) is 32.5. The molecule has 0 radical (unpaired) electrons. The predicted octanol–water partition coefficient (Wildman–Crippen LogP) is 11.3. The zero-order valence-electron chi connectivity index (χ0n) is 25.7. The fraction of sp³-hybridized carbons (Fsp3) is 0. The molecular formula is C43H27F2N3. The third-order valence-electron chi connectivity index (χ3n) is 8.46. The van der Waals surface area contributed by atoms with Crippen molar-refractivity contribution < 1.29 is 8.78 Å². The maximum Gasteiger partial charge on any atom is 0.164 e. The van der Waals surface area contributed by atoms with Crippen LogP contribution in [0.25, 0.3) is 78.3 Å². The minimum Gasteiger partial charge on any atom is -0.208 e. The van der Waals surface area contributed by atoms with Gasteiger partial charge >= 0.3 is 0 Å². The van der Waals surface area contributed by atoms with E-state index in [0.717, 1.165) is 27.8 Å². The summed E-state index contributed by atoms with van der Waals surface area (Å²) in [5.41, 5.74) is 8.58. The van der Waals surface area contributed by atoms with Crippen LogP contribution in [0, 0.1) is 11.6 Å². The molecule has 0 aliphatic heterocycles. The van der Waals surface area contributed by atoms with Gasteiger partial charge in [0.25, 0.3) is 0 Å². The lowest BCUT2D eigenvalue weighted by Crippen LogP contribution is -2.00. The van der Waals surface area contributed by atoms with E-state index in [9.17, 15) is 8.78 Å². The van der Waals surface area contributed by atoms with Crippen LogP contribution in [0.3, 0.4) is 0 Å². The highest BCUT2D eigenvalue weighted by Gasteiger charge is 2.14. The van der Waals surface area contributed by atoms with E-state index in [1.54, 1.807) is 24.3 Å². The Bertz CT molecular complexity index is 2340. The summed E-state index contributed by atoms with van der Waals surface area (Å²) >= 11 is 0. The van der Waals surface area contributed by atoms with E-state index in [4.69, 9.17) is 0 Å². The number of nitrogens with zero attached hydrogens (tertiary/aromatic N) is 3. The van der Waals surface area contributed by atoms with Gasteiger partial charge in [0.05, 0.1) is 0 Å². The van der Waals surface area contributed by atoms with Crippen molar-refractivity contribution in [2.24, 2.45) is 0 Å². The molecule has 0 aliphatic rings. The van der Waals surface area contributed by atoms with Crippen molar-refractivity contribution in [2.45, 2.75) is 0 Å². The molecule has 228 valence electrons. The molecule has 0 bridgehead atoms. The Hall–Kier alpha value is -6.33. The second kappa shape index (κ2) is 12.5. The van der Waals surface area contributed by atoms with Crippen LogP contribution in [0.4, 0.5) is 8.78 Å². The molecule has 8 rings (SSSR count). The average Bonchev–Trinajstić information content (AvgIpc) is 3.15. The van der Waals surface area contributed by atoms with Crippen molar-refractivity contribution in [1.82, 2.24) is 15.0 Å². The van der Waals surface area contributed by atoms with E-state index >= 15 is 0 Å². The first-order chi connectivity index (χ1) is 23.6. The topological polar surface area (TPSA) is 38.7 Å². The van der Waals surface area contributed by atoms with Gasteiger partial charge in [0.15, 0.2) is 17.5 Å². The molecule has 0 amide bonds. The van der Waals surface area contributed by atoms with Gasteiger partial charge in [-0.15, -0.1) is 0 Å². The third kappa shape index (κ3) is 5.97. The molecule has 8 aromatic rings. The Morgan fingerprint density at radius 1 is 0.271 bits per heavy atom. The molecule has 0 unspecified atom stereocenters. The number of hydrogen-bond donors (Lipinski definition) is 0. The quantitative estimate of drug-likeness (QED) is 0.185. The summed E-state index contributed by atoms with van der Waals surface area (Å²) < 4.78 is 28.2. The second-order valence-corrected chi connectivity index (χ2v) is 11.6. The molecule has 0 aliphatic carbocycles. The number of hydrogen-bond acceptors (Lipinski definition) is 3. The lowest BCUT2D eigenvalue weighted by Gasteiger charge is -2.10. The van der Waals surface area contributed by atoms with E-state index in [1.165, 1.54) is 46.2 Å². The Balaban J connectivity index is 1.05. The summed E-state index contributed by atoms with van der Waals surface area (Å²) in [5, 5.41) is 2.47. The maximum atomic E-state index is 14.1. The van der Waals surface area contributed by atoms with Crippen LogP contribution in [-0.2, 0) is 0 Å². The monoisotopic (exact) mass is 623 g/mol. The maximum absolute atomic E-state index is 14.1. The summed E-state index contributed by atoms with van der Waals surface area (Å²) in [6, 6.07) is 52.3. The summed E-state index contributed by atoms with van der Waals surface area (Å²) in [5.74, 6) is 0.246. The molecule has 0 spiro atoms. The van der Waals surface area contributed by atoms with E-state index in [-0.39, 0.29) is 0 Å². The number of fused-ring (bicyclic) bond motifs is 1. The molecule has 0 saturated heterocycles. The fourth-order valence-electron chi connectivity index (χ4n) is 5.91. The minimum atomic E-state index is -0.393. The van der Waals surface area contributed by atoms with E-state index in [1.807, 2.05) is 24.3 Å². The molecule has 1 heterocycles. The van der Waals surface area contributed by atoms with Crippen LogP contribution >= 0.6 is 0 Å². The van der Waals surface area contributed by atoms with Gasteiger partial charge < -0.3 is 0 Å². The number of aromatic nitrogens is 3. The Morgan fingerprint density at radius 2 is 0.646 bits per heavy atom. The van der Waals surface area contributed by atoms with Crippen molar-refractivity contribution in [2.75, 3.05) is 0 Å². The zero-order valence-corrected chi connectivity index (χ0v) is 25.7. The lowest BCUT2D eigenvalue weighted by molar-refractivity contribution is 0.628. The molecule has 5 heteroatoms. The van der Waals surface area contributed by atoms with Gasteiger partial charge in [-0.3, -0.25) is 0 Å². The van der Waals surface area contributed by atoms with Gasteiger partial charge in [-0.25, -0.2) is 23.7 Å². The van der Waals surface area contributed by atoms with E-state index in [0.29, 0.717) is 28.6 Å². The Labute approximate surface area is 276 Å². The average molecular weight is 624 g/mol. The number of rotatable bonds is 6. The first kappa shape index (κ1) is 29.1. The third-order valence-corrected chi connectivity index (χ3v) is 8.46. The van der Waals surface area contributed by atoms with Gasteiger partial charge in [-0.2, -0.15) is 0 Å². The van der Waals surface area contributed by atoms with Crippen LogP contribution in [0.15, 0.2) is 164 Å². The molecule has 1 aromatic heterocycles. The first-order valence-electron chi connectivity index (χ1n) is 15.6. The molecule has 0 saturated carbocycles. The van der Waals surface area contributed by atoms with E-state index in [2.05, 4.69) is 106 Å². The summed E-state index contributed by atoms with van der Waals surface area (Å²) in [4.78, 5) is 13.9. The van der Waals surface area contributed by atoms with Crippen molar-refractivity contribution in [3.63, 3.8) is 0 Å². The molecule has 7 aromatic carbocycles. The summed E-state index contributed by atoms with van der Waals surface area (Å²) in [7, 11) is 0. The van der Waals surface area contributed by atoms with Crippen LogP contribution in [-0.4, -0.2) is 15.0 Å². The number of benzene rings is 7. The standard InChI is InChI=1S/C43H27F2N3/c44-39-9-3-7-37(26-39)42-46-41(47-43(48-42)38-8-4-10-40(45)27-38)34-22-19-32(20-23-34)30-13-11-29(12-14-30)31-15-17-33(18-16-31)36-24-21-28-5-1-2-6-35(28)25-36/h1-27H. The van der Waals surface area contributed by atoms with Crippen LogP contribution in [0.1, 0.15) is 0 Å². The first-order valence-corrected chi connectivity index (χ1v) is 15.6. The minimum absolute atomic E-state index is 0.309. The smallest absolute Gasteiger partial charge is 0.164 e. The van der Waals surface area contributed by atoms with Gasteiger partial charge in [0, 0.05) is 16.7 Å². The van der Waals surface area contributed by atoms with Crippen molar-refractivity contribution >= 4 is 10.8 Å². The lowest BCUT2D eigenvalue weighted by atomic mass is 9.97. The van der Waals surface area contributed by atoms with Crippen LogP contribution in [0.5, 0.6) is 0 Å². The van der Waals surface area contributed by atoms with E-state index < -0.39 is 11.6 Å². The number of halogens is 2. The van der Waals surface area contributed by atoms with Gasteiger partial charge in [-0.05, 0) is 74.5 Å². The molecule has 0 N–H and O–H groups in total. The normalized spacial score (nSPS) is 11.1. The highest BCUT2D eigenvalue weighted by molar-refractivity contribution is 5.87. The molecular weight excluding hydrogens is 596 g/mol. The fourth-order valence-corrected chi connectivity index (χ4v) is 5.91. The Morgan fingerprint density at radius 3 is 1.10 bits per heavy atom. The second-order valence-electron chi connectivity index (χ2n) is 11.6. The SMILES string of the molecule is Fc1cccc(-c2nc(-c3ccc(-c4ccc(-c5ccc(-c6ccc7ccccc7c6)cc5)cc4)cc3)nc(-c3cccc(F)c3)n2)c1. The van der Waals surface area contributed by atoms with Crippen molar-refractivity contribution in [3.8, 4) is 67.5 Å². The highest BCUT2D eigenvalue weighted by Crippen LogP contribution is 2.31. The van der Waals surface area contributed by atoms with Crippen molar-refractivity contribution in [1.29, 1.82) is 0 Å². The van der Waals surface area contributed by atoms with Gasteiger partial charge in [-0.1, -0.05) is 133 Å². The van der Waals surface area contributed by atoms with Gasteiger partial charge in [0.1, 0.15) is 11.6 Å². The van der Waals surface area contributed by atoms with Crippen LogP contribution in [0.2, 0.25) is 0 Å². The Kier molecular flexibility index (Phi) is 7.55. The molecule has 0 atom stereocenters. The highest BCUT2D eigenvalue weighted by atomic mass is 19.1. The van der Waals surface area contributed by atoms with Crippen LogP contribution < -0.4 is 0 Å². The largest absolute Gasteiger partial charge is 0.208 e. The summed E-state index contributed by atoms with van der Waals surface area (Å²) in [6.45, 7) is 0.